The second kappa shape index (κ2) is 6.85. The van der Waals surface area contributed by atoms with Gasteiger partial charge in [-0.2, -0.15) is 0 Å². The molecule has 0 atom stereocenters. The third kappa shape index (κ3) is 3.26. The van der Waals surface area contributed by atoms with E-state index in [2.05, 4.69) is 36.7 Å². The molecule has 0 fully saturated rings. The molecule has 0 aliphatic carbocycles. The standard InChI is InChI=1S/C15H15N5S2/c1-3-8-20-14(12-4-6-16-7-5-12)18-19-15(20)22-10-13-9-21-11(2)17-13/h3-7,9H,1,8,10H2,2H3. The fourth-order valence-corrected chi connectivity index (χ4v) is 3.58. The fourth-order valence-electron chi connectivity index (χ4n) is 2.02. The van der Waals surface area contributed by atoms with E-state index in [-0.39, 0.29) is 0 Å². The maximum Gasteiger partial charge on any atom is 0.192 e. The first-order valence-corrected chi connectivity index (χ1v) is 8.62. The van der Waals surface area contributed by atoms with E-state index in [0.717, 1.165) is 33.0 Å². The molecule has 0 aliphatic heterocycles. The number of allylic oxidation sites excluding steroid dienone is 1. The van der Waals surface area contributed by atoms with Crippen molar-refractivity contribution in [3.05, 3.63) is 53.3 Å². The molecule has 3 aromatic rings. The summed E-state index contributed by atoms with van der Waals surface area (Å²) in [5, 5.41) is 12.7. The third-order valence-corrected chi connectivity index (χ3v) is 4.81. The monoisotopic (exact) mass is 329 g/mol. The van der Waals surface area contributed by atoms with Gasteiger partial charge in [0.1, 0.15) is 0 Å². The highest BCUT2D eigenvalue weighted by atomic mass is 32.2. The Balaban J connectivity index is 1.85. The van der Waals surface area contributed by atoms with Gasteiger partial charge in [-0.1, -0.05) is 17.8 Å². The van der Waals surface area contributed by atoms with E-state index in [0.29, 0.717) is 6.54 Å². The van der Waals surface area contributed by atoms with Crippen molar-refractivity contribution in [2.45, 2.75) is 24.4 Å². The molecule has 0 radical (unpaired) electrons. The molecule has 7 heteroatoms. The van der Waals surface area contributed by atoms with Crippen LogP contribution in [0.5, 0.6) is 0 Å². The van der Waals surface area contributed by atoms with Gasteiger partial charge in [-0.05, 0) is 19.1 Å². The lowest BCUT2D eigenvalue weighted by molar-refractivity contribution is 0.731. The van der Waals surface area contributed by atoms with Gasteiger partial charge in [-0.25, -0.2) is 4.98 Å². The van der Waals surface area contributed by atoms with E-state index in [4.69, 9.17) is 0 Å². The van der Waals surface area contributed by atoms with Crippen LogP contribution < -0.4 is 0 Å². The molecule has 5 nitrogen and oxygen atoms in total. The number of aromatic nitrogens is 5. The van der Waals surface area contributed by atoms with Gasteiger partial charge < -0.3 is 0 Å². The summed E-state index contributed by atoms with van der Waals surface area (Å²) >= 11 is 3.30. The number of pyridine rings is 1. The molecule has 0 unspecified atom stereocenters. The molecule has 3 rings (SSSR count). The van der Waals surface area contributed by atoms with Gasteiger partial charge in [0.2, 0.25) is 0 Å². The smallest absolute Gasteiger partial charge is 0.192 e. The van der Waals surface area contributed by atoms with Gasteiger partial charge in [-0.3, -0.25) is 9.55 Å². The number of aryl methyl sites for hydroxylation is 1. The Bertz CT molecular complexity index is 763. The van der Waals surface area contributed by atoms with E-state index in [1.165, 1.54) is 0 Å². The number of hydrogen-bond donors (Lipinski definition) is 0. The van der Waals surface area contributed by atoms with Crippen LogP contribution in [0.25, 0.3) is 11.4 Å². The topological polar surface area (TPSA) is 56.5 Å². The van der Waals surface area contributed by atoms with Crippen molar-refractivity contribution in [3.63, 3.8) is 0 Å². The minimum atomic E-state index is 0.670. The van der Waals surface area contributed by atoms with Crippen molar-refractivity contribution in [1.29, 1.82) is 0 Å². The highest BCUT2D eigenvalue weighted by molar-refractivity contribution is 7.98. The summed E-state index contributed by atoms with van der Waals surface area (Å²) in [5.41, 5.74) is 2.08. The molecule has 0 saturated heterocycles. The van der Waals surface area contributed by atoms with Crippen LogP contribution in [0.15, 0.2) is 47.7 Å². The molecule has 3 aromatic heterocycles. The van der Waals surface area contributed by atoms with Crippen molar-refractivity contribution in [2.75, 3.05) is 0 Å². The summed E-state index contributed by atoms with van der Waals surface area (Å²) in [4.78, 5) is 8.52. The fraction of sp³-hybridized carbons (Fsp3) is 0.200. The molecule has 0 aliphatic rings. The SMILES string of the molecule is C=CCn1c(SCc2csc(C)n2)nnc1-c1ccncc1. The van der Waals surface area contributed by atoms with Gasteiger partial charge in [0.05, 0.1) is 10.7 Å². The molecule has 3 heterocycles. The average molecular weight is 329 g/mol. The van der Waals surface area contributed by atoms with Gasteiger partial charge in [0.25, 0.3) is 0 Å². The Morgan fingerprint density at radius 2 is 2.14 bits per heavy atom. The molecular weight excluding hydrogens is 314 g/mol. The number of rotatable bonds is 6. The van der Waals surface area contributed by atoms with E-state index < -0.39 is 0 Å². The molecule has 0 spiro atoms. The van der Waals surface area contributed by atoms with E-state index >= 15 is 0 Å². The molecule has 0 bridgehead atoms. The lowest BCUT2D eigenvalue weighted by Gasteiger charge is -2.07. The van der Waals surface area contributed by atoms with Crippen molar-refractivity contribution in [3.8, 4) is 11.4 Å². The lowest BCUT2D eigenvalue weighted by atomic mass is 10.2. The number of nitrogens with zero attached hydrogens (tertiary/aromatic N) is 5. The Morgan fingerprint density at radius 3 is 2.82 bits per heavy atom. The summed E-state index contributed by atoms with van der Waals surface area (Å²) in [6, 6.07) is 3.86. The zero-order valence-corrected chi connectivity index (χ0v) is 13.8. The van der Waals surface area contributed by atoms with E-state index in [1.54, 1.807) is 35.5 Å². The summed E-state index contributed by atoms with van der Waals surface area (Å²) in [6.45, 7) is 6.51. The minimum absolute atomic E-state index is 0.670. The highest BCUT2D eigenvalue weighted by Crippen LogP contribution is 2.26. The maximum atomic E-state index is 4.48. The number of thioether (sulfide) groups is 1. The minimum Gasteiger partial charge on any atom is -0.298 e. The first-order valence-electron chi connectivity index (χ1n) is 6.76. The van der Waals surface area contributed by atoms with Crippen LogP contribution in [0.4, 0.5) is 0 Å². The Kier molecular flexibility index (Phi) is 4.65. The number of hydrogen-bond acceptors (Lipinski definition) is 6. The first kappa shape index (κ1) is 14.9. The predicted octanol–water partition coefficient (Wildman–Crippen LogP) is 3.58. The Hall–Kier alpha value is -1.99. The molecule has 22 heavy (non-hydrogen) atoms. The zero-order valence-electron chi connectivity index (χ0n) is 12.1. The van der Waals surface area contributed by atoms with Crippen LogP contribution in [0.2, 0.25) is 0 Å². The normalized spacial score (nSPS) is 10.8. The maximum absolute atomic E-state index is 4.48. The van der Waals surface area contributed by atoms with E-state index in [9.17, 15) is 0 Å². The molecule has 0 N–H and O–H groups in total. The van der Waals surface area contributed by atoms with Crippen molar-refractivity contribution < 1.29 is 0 Å². The second-order valence-corrected chi connectivity index (χ2v) is 6.59. The first-order chi connectivity index (χ1) is 10.8. The summed E-state index contributed by atoms with van der Waals surface area (Å²) in [7, 11) is 0. The van der Waals surface area contributed by atoms with Crippen LogP contribution in [-0.2, 0) is 12.3 Å². The average Bonchev–Trinajstić information content (AvgIpc) is 3.13. The van der Waals surface area contributed by atoms with Crippen LogP contribution in [0, 0.1) is 6.92 Å². The molecule has 0 aromatic carbocycles. The highest BCUT2D eigenvalue weighted by Gasteiger charge is 2.13. The second-order valence-electron chi connectivity index (χ2n) is 4.59. The van der Waals surface area contributed by atoms with E-state index in [1.807, 2.05) is 25.1 Å². The van der Waals surface area contributed by atoms with Crippen LogP contribution in [0.3, 0.4) is 0 Å². The molecule has 0 amide bonds. The number of thiazole rings is 1. The summed E-state index contributed by atoms with van der Waals surface area (Å²) in [6.07, 6.45) is 5.37. The molecule has 112 valence electrons. The van der Waals surface area contributed by atoms with Crippen LogP contribution >= 0.6 is 23.1 Å². The predicted molar refractivity (Wildman–Crippen MR) is 89.9 cm³/mol. The summed E-state index contributed by atoms with van der Waals surface area (Å²) < 4.78 is 2.06. The van der Waals surface area contributed by atoms with Crippen LogP contribution in [-0.4, -0.2) is 24.7 Å². The Labute approximate surface area is 137 Å². The molecule has 0 saturated carbocycles. The Morgan fingerprint density at radius 1 is 1.32 bits per heavy atom. The molecular formula is C15H15N5S2. The van der Waals surface area contributed by atoms with Gasteiger partial charge in [0.15, 0.2) is 11.0 Å². The van der Waals surface area contributed by atoms with Gasteiger partial charge in [-0.15, -0.1) is 28.1 Å². The van der Waals surface area contributed by atoms with Crippen molar-refractivity contribution >= 4 is 23.1 Å². The summed E-state index contributed by atoms with van der Waals surface area (Å²) in [5.74, 6) is 1.62. The van der Waals surface area contributed by atoms with Crippen molar-refractivity contribution in [2.24, 2.45) is 0 Å². The zero-order chi connectivity index (χ0) is 15.4. The van der Waals surface area contributed by atoms with Crippen LogP contribution in [0.1, 0.15) is 10.7 Å². The third-order valence-electron chi connectivity index (χ3n) is 2.98. The van der Waals surface area contributed by atoms with Gasteiger partial charge >= 0.3 is 0 Å². The largest absolute Gasteiger partial charge is 0.298 e. The van der Waals surface area contributed by atoms with Crippen molar-refractivity contribution in [1.82, 2.24) is 24.7 Å². The van der Waals surface area contributed by atoms with Gasteiger partial charge in [0, 0.05) is 35.6 Å². The lowest BCUT2D eigenvalue weighted by Crippen LogP contribution is -2.00. The quantitative estimate of drug-likeness (QED) is 0.511.